The van der Waals surface area contributed by atoms with Gasteiger partial charge in [-0.15, -0.1) is 0 Å². The maximum Gasteiger partial charge on any atom is 0.0781 e. The quantitative estimate of drug-likeness (QED) is 0.687. The molecule has 0 amide bonds. The Labute approximate surface area is 76.7 Å². The van der Waals surface area contributed by atoms with E-state index in [0.717, 1.165) is 6.61 Å². The molecule has 12 heavy (non-hydrogen) atoms. The minimum Gasteiger partial charge on any atom is -0.374 e. The van der Waals surface area contributed by atoms with Crippen molar-refractivity contribution in [1.29, 1.82) is 0 Å². The summed E-state index contributed by atoms with van der Waals surface area (Å²) in [5, 5.41) is 3.30. The van der Waals surface area contributed by atoms with Crippen LogP contribution in [0.25, 0.3) is 0 Å². The molecule has 0 saturated carbocycles. The Morgan fingerprint density at radius 1 is 1.33 bits per heavy atom. The molecule has 0 aliphatic heterocycles. The van der Waals surface area contributed by atoms with Gasteiger partial charge in [0.1, 0.15) is 0 Å². The van der Waals surface area contributed by atoms with Crippen molar-refractivity contribution in [3.63, 3.8) is 0 Å². The Bertz CT molecular complexity index is 121. The van der Waals surface area contributed by atoms with E-state index >= 15 is 0 Å². The molecule has 0 aliphatic rings. The fourth-order valence-electron chi connectivity index (χ4n) is 1.95. The third-order valence-corrected chi connectivity index (χ3v) is 2.24. The molecular weight excluding hydrogens is 150 g/mol. The second-order valence-electron chi connectivity index (χ2n) is 4.05. The molecule has 0 radical (unpaired) electrons. The Morgan fingerprint density at radius 3 is 2.08 bits per heavy atom. The summed E-state index contributed by atoms with van der Waals surface area (Å²) in [4.78, 5) is 0. The second-order valence-corrected chi connectivity index (χ2v) is 4.05. The van der Waals surface area contributed by atoms with E-state index in [9.17, 15) is 0 Å². The van der Waals surface area contributed by atoms with Crippen LogP contribution in [0, 0.1) is 5.92 Å². The van der Waals surface area contributed by atoms with E-state index in [1.165, 1.54) is 0 Å². The van der Waals surface area contributed by atoms with Crippen molar-refractivity contribution in [3.05, 3.63) is 0 Å². The maximum absolute atomic E-state index is 5.68. The van der Waals surface area contributed by atoms with Crippen LogP contribution in [-0.4, -0.2) is 25.3 Å². The van der Waals surface area contributed by atoms with Crippen molar-refractivity contribution < 1.29 is 4.74 Å². The molecule has 0 bridgehead atoms. The van der Waals surface area contributed by atoms with Crippen LogP contribution >= 0.6 is 0 Å². The van der Waals surface area contributed by atoms with Crippen LogP contribution in [0.3, 0.4) is 0 Å². The fourth-order valence-corrected chi connectivity index (χ4v) is 1.95. The highest BCUT2D eigenvalue weighted by molar-refractivity contribution is 4.86. The zero-order valence-corrected chi connectivity index (χ0v) is 9.27. The van der Waals surface area contributed by atoms with Crippen LogP contribution in [-0.2, 0) is 4.74 Å². The number of rotatable bonds is 5. The van der Waals surface area contributed by atoms with Gasteiger partial charge in [0.15, 0.2) is 0 Å². The lowest BCUT2D eigenvalue weighted by Crippen LogP contribution is -2.50. The molecule has 0 aromatic carbocycles. The molecule has 74 valence electrons. The first-order valence-corrected chi connectivity index (χ1v) is 4.77. The van der Waals surface area contributed by atoms with Crippen LogP contribution in [0.2, 0.25) is 0 Å². The van der Waals surface area contributed by atoms with Crippen LogP contribution in [0.15, 0.2) is 0 Å². The monoisotopic (exact) mass is 173 g/mol. The Balaban J connectivity index is 4.25. The van der Waals surface area contributed by atoms with Crippen LogP contribution in [0.1, 0.15) is 34.6 Å². The van der Waals surface area contributed by atoms with Crippen molar-refractivity contribution in [1.82, 2.24) is 5.32 Å². The van der Waals surface area contributed by atoms with Gasteiger partial charge in [-0.1, -0.05) is 13.8 Å². The van der Waals surface area contributed by atoms with Gasteiger partial charge in [0.2, 0.25) is 0 Å². The molecule has 0 saturated heterocycles. The average Bonchev–Trinajstić information content (AvgIpc) is 1.86. The van der Waals surface area contributed by atoms with Gasteiger partial charge in [-0.25, -0.2) is 0 Å². The molecule has 1 unspecified atom stereocenters. The van der Waals surface area contributed by atoms with Crippen molar-refractivity contribution in [2.24, 2.45) is 5.92 Å². The maximum atomic E-state index is 5.68. The Kier molecular flexibility index (Phi) is 4.80. The van der Waals surface area contributed by atoms with Crippen molar-refractivity contribution >= 4 is 0 Å². The van der Waals surface area contributed by atoms with Gasteiger partial charge in [-0.05, 0) is 33.7 Å². The molecule has 0 spiro atoms. The highest BCUT2D eigenvalue weighted by atomic mass is 16.5. The molecule has 0 heterocycles. The normalized spacial score (nSPS) is 15.2. The van der Waals surface area contributed by atoms with Gasteiger partial charge < -0.3 is 10.1 Å². The lowest BCUT2D eigenvalue weighted by molar-refractivity contribution is -0.0474. The largest absolute Gasteiger partial charge is 0.374 e. The summed E-state index contributed by atoms with van der Waals surface area (Å²) in [5.41, 5.74) is -0.0718. The standard InChI is InChI=1S/C10H23NO/c1-7-12-10(4,5)9(11-6)8(2)3/h8-9,11H,7H2,1-6H3. The molecule has 0 fully saturated rings. The molecule has 0 aliphatic carbocycles. The fraction of sp³-hybridized carbons (Fsp3) is 1.00. The number of hydrogen-bond acceptors (Lipinski definition) is 2. The van der Waals surface area contributed by atoms with E-state index < -0.39 is 0 Å². The zero-order valence-electron chi connectivity index (χ0n) is 9.27. The molecule has 0 rings (SSSR count). The number of hydrogen-bond donors (Lipinski definition) is 1. The van der Waals surface area contributed by atoms with Crippen LogP contribution < -0.4 is 5.32 Å². The average molecular weight is 173 g/mol. The van der Waals surface area contributed by atoms with Crippen molar-refractivity contribution in [2.45, 2.75) is 46.3 Å². The third kappa shape index (κ3) is 3.11. The van der Waals surface area contributed by atoms with Crippen LogP contribution in [0.4, 0.5) is 0 Å². The summed E-state index contributed by atoms with van der Waals surface area (Å²) in [6.07, 6.45) is 0. The number of likely N-dealkylation sites (N-methyl/N-ethyl adjacent to an activating group) is 1. The number of ether oxygens (including phenoxy) is 1. The summed E-state index contributed by atoms with van der Waals surface area (Å²) >= 11 is 0. The first-order valence-electron chi connectivity index (χ1n) is 4.77. The molecule has 2 heteroatoms. The molecule has 0 aromatic rings. The highest BCUT2D eigenvalue weighted by Crippen LogP contribution is 2.20. The molecule has 0 aromatic heterocycles. The summed E-state index contributed by atoms with van der Waals surface area (Å²) in [6, 6.07) is 0.414. The minimum absolute atomic E-state index is 0.0718. The summed E-state index contributed by atoms with van der Waals surface area (Å²) < 4.78 is 5.68. The van der Waals surface area contributed by atoms with Crippen molar-refractivity contribution in [2.75, 3.05) is 13.7 Å². The van der Waals surface area contributed by atoms with Crippen molar-refractivity contribution in [3.8, 4) is 0 Å². The van der Waals surface area contributed by atoms with E-state index in [1.54, 1.807) is 0 Å². The third-order valence-electron chi connectivity index (χ3n) is 2.24. The summed E-state index contributed by atoms with van der Waals surface area (Å²) in [7, 11) is 1.99. The predicted molar refractivity (Wildman–Crippen MR) is 53.4 cm³/mol. The highest BCUT2D eigenvalue weighted by Gasteiger charge is 2.30. The topological polar surface area (TPSA) is 21.3 Å². The minimum atomic E-state index is -0.0718. The SMILES string of the molecule is CCOC(C)(C)C(NC)C(C)C. The molecular formula is C10H23NO. The van der Waals surface area contributed by atoms with Gasteiger partial charge in [0.05, 0.1) is 5.60 Å². The van der Waals surface area contributed by atoms with E-state index in [4.69, 9.17) is 4.74 Å². The molecule has 1 atom stereocenters. The van der Waals surface area contributed by atoms with E-state index in [1.807, 2.05) is 14.0 Å². The first kappa shape index (κ1) is 11.9. The summed E-state index contributed by atoms with van der Waals surface area (Å²) in [6.45, 7) is 11.5. The van der Waals surface area contributed by atoms with Gasteiger partial charge in [0, 0.05) is 12.6 Å². The van der Waals surface area contributed by atoms with Gasteiger partial charge in [-0.3, -0.25) is 0 Å². The lowest BCUT2D eigenvalue weighted by Gasteiger charge is -2.36. The molecule has 1 N–H and O–H groups in total. The first-order chi connectivity index (χ1) is 5.45. The Hall–Kier alpha value is -0.0800. The lowest BCUT2D eigenvalue weighted by atomic mass is 9.89. The smallest absolute Gasteiger partial charge is 0.0781 e. The summed E-state index contributed by atoms with van der Waals surface area (Å²) in [5.74, 6) is 0.594. The van der Waals surface area contributed by atoms with Crippen LogP contribution in [0.5, 0.6) is 0 Å². The zero-order chi connectivity index (χ0) is 9.78. The number of nitrogens with one attached hydrogen (secondary N) is 1. The predicted octanol–water partition coefficient (Wildman–Crippen LogP) is 2.05. The van der Waals surface area contributed by atoms with Gasteiger partial charge in [0.25, 0.3) is 0 Å². The second kappa shape index (κ2) is 4.83. The van der Waals surface area contributed by atoms with E-state index in [-0.39, 0.29) is 5.60 Å². The molecule has 2 nitrogen and oxygen atoms in total. The van der Waals surface area contributed by atoms with E-state index in [0.29, 0.717) is 12.0 Å². The van der Waals surface area contributed by atoms with Gasteiger partial charge in [-0.2, -0.15) is 0 Å². The Morgan fingerprint density at radius 2 is 1.83 bits per heavy atom. The van der Waals surface area contributed by atoms with E-state index in [2.05, 4.69) is 33.0 Å². The van der Waals surface area contributed by atoms with Gasteiger partial charge >= 0.3 is 0 Å².